The van der Waals surface area contributed by atoms with Gasteiger partial charge in [-0.2, -0.15) is 0 Å². The van der Waals surface area contributed by atoms with Gasteiger partial charge in [0.25, 0.3) is 0 Å². The molecule has 0 saturated carbocycles. The molecule has 0 spiro atoms. The average Bonchev–Trinajstić information content (AvgIpc) is 2.42. The zero-order valence-corrected chi connectivity index (χ0v) is 10.6. The first kappa shape index (κ1) is 11.6. The summed E-state index contributed by atoms with van der Waals surface area (Å²) >= 11 is 3.24. The third kappa shape index (κ3) is 1.47. The molecule has 2 aliphatic rings. The number of ketones is 1. The summed E-state index contributed by atoms with van der Waals surface area (Å²) in [5, 5.41) is 0. The van der Waals surface area contributed by atoms with Gasteiger partial charge in [0.15, 0.2) is 5.78 Å². The van der Waals surface area contributed by atoms with E-state index in [0.717, 1.165) is 0 Å². The number of cyclic esters (lactones) is 1. The van der Waals surface area contributed by atoms with Crippen molar-refractivity contribution in [1.82, 2.24) is 0 Å². The summed E-state index contributed by atoms with van der Waals surface area (Å²) in [6.45, 7) is 5.57. The van der Waals surface area contributed by atoms with Gasteiger partial charge >= 0.3 is 5.97 Å². The van der Waals surface area contributed by atoms with E-state index >= 15 is 0 Å². The molecule has 0 unspecified atom stereocenters. The summed E-state index contributed by atoms with van der Waals surface area (Å²) in [6, 6.07) is 0. The van der Waals surface area contributed by atoms with E-state index < -0.39 is 11.4 Å². The van der Waals surface area contributed by atoms with Crippen LogP contribution in [0.4, 0.5) is 0 Å². The third-order valence-electron chi connectivity index (χ3n) is 3.43. The maximum Gasteiger partial charge on any atom is 0.321 e. The molecule has 0 amide bonds. The number of esters is 1. The van der Waals surface area contributed by atoms with Crippen molar-refractivity contribution in [2.24, 2.45) is 11.3 Å². The van der Waals surface area contributed by atoms with Gasteiger partial charge in [0.2, 0.25) is 0 Å². The number of fused-ring (bicyclic) bond motifs is 1. The van der Waals surface area contributed by atoms with Gasteiger partial charge in [-0.1, -0.05) is 28.6 Å². The summed E-state index contributed by atoms with van der Waals surface area (Å²) in [5.41, 5.74) is -1.03. The predicted octanol–water partition coefficient (Wildman–Crippen LogP) is 2.36. The maximum absolute atomic E-state index is 12.0. The van der Waals surface area contributed by atoms with Crippen LogP contribution in [0.25, 0.3) is 0 Å². The molecule has 1 saturated heterocycles. The molecular formula is C12H13BrO3. The van der Waals surface area contributed by atoms with Gasteiger partial charge in [0.1, 0.15) is 11.5 Å². The molecule has 16 heavy (non-hydrogen) atoms. The van der Waals surface area contributed by atoms with Crippen molar-refractivity contribution in [3.05, 3.63) is 23.2 Å². The predicted molar refractivity (Wildman–Crippen MR) is 62.9 cm³/mol. The van der Waals surface area contributed by atoms with Crippen molar-refractivity contribution in [2.45, 2.75) is 25.9 Å². The quantitative estimate of drug-likeness (QED) is 0.578. The highest BCUT2D eigenvalue weighted by Gasteiger charge is 2.60. The molecule has 0 N–H and O–H groups in total. The van der Waals surface area contributed by atoms with Crippen molar-refractivity contribution in [1.29, 1.82) is 0 Å². The number of hydrogen-bond donors (Lipinski definition) is 0. The fourth-order valence-corrected chi connectivity index (χ4v) is 3.09. The minimum Gasteiger partial charge on any atom is -0.462 e. The highest BCUT2D eigenvalue weighted by molar-refractivity contribution is 9.11. The van der Waals surface area contributed by atoms with Gasteiger partial charge in [-0.05, 0) is 23.9 Å². The number of carbonyl (C=O) groups excluding carboxylic acids is 2. The van der Waals surface area contributed by atoms with Crippen LogP contribution in [0.15, 0.2) is 23.2 Å². The Balaban J connectivity index is 2.47. The lowest BCUT2D eigenvalue weighted by Gasteiger charge is -2.31. The first-order valence-corrected chi connectivity index (χ1v) is 6.03. The van der Waals surface area contributed by atoms with Crippen LogP contribution in [0.2, 0.25) is 0 Å². The molecule has 0 bridgehead atoms. The molecule has 3 atom stereocenters. The van der Waals surface area contributed by atoms with Gasteiger partial charge in [0.05, 0.1) is 0 Å². The molecule has 0 aromatic carbocycles. The highest BCUT2D eigenvalue weighted by atomic mass is 79.9. The van der Waals surface area contributed by atoms with E-state index in [0.29, 0.717) is 17.3 Å². The molecule has 1 aliphatic carbocycles. The number of rotatable bonds is 2. The van der Waals surface area contributed by atoms with Crippen LogP contribution in [0.3, 0.4) is 0 Å². The fraction of sp³-hybridized carbons (Fsp3) is 0.500. The highest BCUT2D eigenvalue weighted by Crippen LogP contribution is 2.49. The normalized spacial score (nSPS) is 37.1. The molecule has 3 nitrogen and oxygen atoms in total. The zero-order valence-electron chi connectivity index (χ0n) is 9.03. The maximum atomic E-state index is 12.0. The second-order valence-electron chi connectivity index (χ2n) is 4.38. The molecule has 0 aromatic rings. The number of halogens is 1. The average molecular weight is 285 g/mol. The van der Waals surface area contributed by atoms with Crippen molar-refractivity contribution >= 4 is 27.7 Å². The minimum atomic E-state index is -1.03. The van der Waals surface area contributed by atoms with Gasteiger partial charge in [-0.15, -0.1) is 0 Å². The van der Waals surface area contributed by atoms with Crippen LogP contribution in [0, 0.1) is 11.3 Å². The van der Waals surface area contributed by atoms with E-state index in [1.807, 2.05) is 13.0 Å². The Labute approximate surface area is 103 Å². The molecule has 2 rings (SSSR count). The third-order valence-corrected chi connectivity index (χ3v) is 3.71. The first-order valence-electron chi connectivity index (χ1n) is 5.24. The number of carbonyl (C=O) groups is 2. The van der Waals surface area contributed by atoms with Crippen LogP contribution in [-0.4, -0.2) is 17.9 Å². The largest absolute Gasteiger partial charge is 0.462 e. The molecule has 0 aromatic heterocycles. The number of hydrogen-bond acceptors (Lipinski definition) is 3. The lowest BCUT2D eigenvalue weighted by atomic mass is 9.66. The van der Waals surface area contributed by atoms with Gasteiger partial charge in [-0.25, -0.2) is 0 Å². The first-order chi connectivity index (χ1) is 7.48. The summed E-state index contributed by atoms with van der Waals surface area (Å²) in [6.07, 6.45) is 4.14. The molecule has 1 heterocycles. The Hall–Kier alpha value is -0.900. The molecule has 0 radical (unpaired) electrons. The van der Waals surface area contributed by atoms with Crippen molar-refractivity contribution < 1.29 is 14.3 Å². The zero-order chi connectivity index (χ0) is 11.9. The van der Waals surface area contributed by atoms with Crippen LogP contribution in [0.1, 0.15) is 19.8 Å². The van der Waals surface area contributed by atoms with E-state index in [-0.39, 0.29) is 17.8 Å². The Kier molecular flexibility index (Phi) is 2.78. The Morgan fingerprint density at radius 2 is 2.38 bits per heavy atom. The summed E-state index contributed by atoms with van der Waals surface area (Å²) in [4.78, 5) is 24.0. The van der Waals surface area contributed by atoms with E-state index in [2.05, 4.69) is 22.5 Å². The topological polar surface area (TPSA) is 43.4 Å². The molecular weight excluding hydrogens is 272 g/mol. The monoisotopic (exact) mass is 284 g/mol. The summed E-state index contributed by atoms with van der Waals surface area (Å²) in [5.74, 6) is -0.620. The lowest BCUT2D eigenvalue weighted by molar-refractivity contribution is -0.151. The van der Waals surface area contributed by atoms with E-state index in [1.165, 1.54) is 6.08 Å². The van der Waals surface area contributed by atoms with Crippen LogP contribution in [0.5, 0.6) is 0 Å². The van der Waals surface area contributed by atoms with Crippen molar-refractivity contribution in [2.75, 3.05) is 0 Å². The Bertz CT molecular complexity index is 399. The Morgan fingerprint density at radius 3 is 3.00 bits per heavy atom. The van der Waals surface area contributed by atoms with Crippen LogP contribution in [-0.2, 0) is 14.3 Å². The fourth-order valence-electron chi connectivity index (χ4n) is 2.65. The van der Waals surface area contributed by atoms with Crippen LogP contribution < -0.4 is 0 Å². The van der Waals surface area contributed by atoms with E-state index in [9.17, 15) is 9.59 Å². The van der Waals surface area contributed by atoms with Crippen molar-refractivity contribution in [3.63, 3.8) is 0 Å². The second-order valence-corrected chi connectivity index (χ2v) is 5.51. The smallest absolute Gasteiger partial charge is 0.321 e. The van der Waals surface area contributed by atoms with Gasteiger partial charge < -0.3 is 4.74 Å². The lowest BCUT2D eigenvalue weighted by Crippen LogP contribution is -2.43. The molecule has 1 fully saturated rings. The summed E-state index contributed by atoms with van der Waals surface area (Å²) < 4.78 is 5.88. The van der Waals surface area contributed by atoms with Crippen LogP contribution >= 0.6 is 15.9 Å². The second kappa shape index (κ2) is 3.84. The molecule has 1 aliphatic heterocycles. The van der Waals surface area contributed by atoms with Crippen molar-refractivity contribution in [3.8, 4) is 0 Å². The van der Waals surface area contributed by atoms with Gasteiger partial charge in [0, 0.05) is 12.3 Å². The van der Waals surface area contributed by atoms with Gasteiger partial charge in [-0.3, -0.25) is 9.59 Å². The van der Waals surface area contributed by atoms with E-state index in [4.69, 9.17) is 4.74 Å². The molecule has 4 heteroatoms. The number of ether oxygens (including phenoxy) is 1. The summed E-state index contributed by atoms with van der Waals surface area (Å²) in [7, 11) is 0. The standard InChI is InChI=1S/C12H13BrO3/c1-7(13)6-12-9(4-3-5-10(12)14)8(2)16-11(12)15/h3,5,8-9H,1,4,6H2,2H3/t8-,9+,12-/m1/s1. The molecule has 86 valence electrons. The number of allylic oxidation sites excluding steroid dienone is 3. The SMILES string of the molecule is C=C(Br)C[C@]12C(=O)C=CC[C@H]1[C@@H](C)OC2=O. The Morgan fingerprint density at radius 1 is 1.69 bits per heavy atom. The minimum absolute atomic E-state index is 0.0631. The van der Waals surface area contributed by atoms with E-state index in [1.54, 1.807) is 0 Å².